The van der Waals surface area contributed by atoms with Crippen molar-refractivity contribution >= 4 is 16.1 Å². The number of carbonyl (C=O) groups is 1. The van der Waals surface area contributed by atoms with E-state index in [2.05, 4.69) is 5.32 Å². The maximum atomic E-state index is 14.0. The Morgan fingerprint density at radius 3 is 2.56 bits per heavy atom. The molecule has 0 bridgehead atoms. The molecule has 11 nitrogen and oxygen atoms in total. The maximum absolute atomic E-state index is 14.0. The van der Waals surface area contributed by atoms with Crippen LogP contribution >= 0.6 is 0 Å². The number of nitrogens with one attached hydrogen (secondary N) is 1. The smallest absolute Gasteiger partial charge is 0.407 e. The monoisotopic (exact) mass is 619 g/mol. The number of sulfonamides is 1. The zero-order valence-electron chi connectivity index (χ0n) is 25.2. The third kappa shape index (κ3) is 8.90. The summed E-state index contributed by atoms with van der Waals surface area (Å²) in [4.78, 5) is 13.2. The van der Waals surface area contributed by atoms with Gasteiger partial charge in [-0.2, -0.15) is 4.31 Å². The number of nitrogens with zero attached hydrogens (tertiary/aromatic N) is 1. The number of nitrogens with two attached hydrogens (primary N) is 1. The minimum atomic E-state index is -4.03. The van der Waals surface area contributed by atoms with Crippen molar-refractivity contribution in [2.24, 2.45) is 17.1 Å². The summed E-state index contributed by atoms with van der Waals surface area (Å²) < 4.78 is 51.3. The van der Waals surface area contributed by atoms with Crippen molar-refractivity contribution in [3.05, 3.63) is 60.2 Å². The third-order valence-electron chi connectivity index (χ3n) is 8.06. The molecule has 238 valence electrons. The van der Waals surface area contributed by atoms with Crippen LogP contribution < -0.4 is 15.8 Å². The highest BCUT2D eigenvalue weighted by Gasteiger charge is 2.44. The zero-order chi connectivity index (χ0) is 31.0. The standard InChI is InChI=1S/C31H45N3O8S/c1-31(2,15-7-16-32)21-34(43(37,38)24-12-10-23(39-3)11-13-24)19-27(35)26(18-22-8-5-4-6-9-22)33-30(36)42-28-20-41-29-25(28)14-17-40-29/h4-6,8-13,25-29,35H,7,14-21,32H2,1-3H3,(H,33,36)/t25-,26+,27+,28-,29+/m1/s1. The van der Waals surface area contributed by atoms with Gasteiger partial charge in [-0.15, -0.1) is 0 Å². The molecule has 2 saturated heterocycles. The van der Waals surface area contributed by atoms with Crippen molar-refractivity contribution in [1.82, 2.24) is 9.62 Å². The predicted octanol–water partition coefficient (Wildman–Crippen LogP) is 2.91. The van der Waals surface area contributed by atoms with Crippen molar-refractivity contribution in [2.45, 2.75) is 69.0 Å². The van der Waals surface area contributed by atoms with Crippen LogP contribution in [-0.4, -0.2) is 88.4 Å². The lowest BCUT2D eigenvalue weighted by Gasteiger charge is -2.35. The first kappa shape index (κ1) is 33.2. The fourth-order valence-electron chi connectivity index (χ4n) is 5.64. The number of benzene rings is 2. The van der Waals surface area contributed by atoms with E-state index in [0.29, 0.717) is 25.3 Å². The Hall–Kier alpha value is -2.74. The molecule has 2 heterocycles. The molecule has 2 aromatic carbocycles. The van der Waals surface area contributed by atoms with E-state index in [1.165, 1.54) is 23.5 Å². The second kappa shape index (κ2) is 14.8. The summed E-state index contributed by atoms with van der Waals surface area (Å²) >= 11 is 0. The number of aliphatic hydroxyl groups is 1. The van der Waals surface area contributed by atoms with Crippen LogP contribution in [0.4, 0.5) is 4.79 Å². The van der Waals surface area contributed by atoms with E-state index >= 15 is 0 Å². The number of hydrogen-bond acceptors (Lipinski definition) is 9. The molecule has 4 rings (SSSR count). The van der Waals surface area contributed by atoms with Crippen LogP contribution in [0.3, 0.4) is 0 Å². The van der Waals surface area contributed by atoms with Gasteiger partial charge in [-0.05, 0) is 67.5 Å². The quantitative estimate of drug-likeness (QED) is 0.274. The van der Waals surface area contributed by atoms with E-state index in [0.717, 1.165) is 18.4 Å². The summed E-state index contributed by atoms with van der Waals surface area (Å²) in [6.07, 6.45) is -0.366. The fraction of sp³-hybridized carbons (Fsp3) is 0.581. The molecule has 12 heteroatoms. The second-order valence-electron chi connectivity index (χ2n) is 12.0. The summed E-state index contributed by atoms with van der Waals surface area (Å²) in [6, 6.07) is 14.7. The molecule has 0 radical (unpaired) electrons. The van der Waals surface area contributed by atoms with Crippen LogP contribution in [0.2, 0.25) is 0 Å². The molecular weight excluding hydrogens is 574 g/mol. The number of hydrogen-bond donors (Lipinski definition) is 3. The lowest BCUT2D eigenvalue weighted by Crippen LogP contribution is -2.52. The van der Waals surface area contributed by atoms with E-state index in [-0.39, 0.29) is 43.2 Å². The topological polar surface area (TPSA) is 150 Å². The number of aliphatic hydroxyl groups excluding tert-OH is 1. The van der Waals surface area contributed by atoms with E-state index in [9.17, 15) is 18.3 Å². The van der Waals surface area contributed by atoms with Crippen molar-refractivity contribution in [2.75, 3.05) is 40.0 Å². The average Bonchev–Trinajstić information content (AvgIpc) is 3.61. The lowest BCUT2D eigenvalue weighted by molar-refractivity contribution is -0.0907. The highest BCUT2D eigenvalue weighted by molar-refractivity contribution is 7.89. The van der Waals surface area contributed by atoms with E-state index in [1.54, 1.807) is 12.1 Å². The number of amides is 1. The molecular formula is C31H45N3O8S. The van der Waals surface area contributed by atoms with Gasteiger partial charge in [-0.1, -0.05) is 44.2 Å². The van der Waals surface area contributed by atoms with Gasteiger partial charge < -0.3 is 35.1 Å². The molecule has 2 aliphatic heterocycles. The first-order valence-electron chi connectivity index (χ1n) is 14.8. The number of ether oxygens (including phenoxy) is 4. The SMILES string of the molecule is COc1ccc(S(=O)(=O)N(C[C@H](O)[C@H](Cc2ccccc2)NC(=O)O[C@@H]2CO[C@@H]3OCC[C@@H]32)CC(C)(C)CCCN)cc1. The Labute approximate surface area is 254 Å². The van der Waals surface area contributed by atoms with Gasteiger partial charge in [0.2, 0.25) is 10.0 Å². The Morgan fingerprint density at radius 1 is 1.16 bits per heavy atom. The van der Waals surface area contributed by atoms with Gasteiger partial charge in [0.25, 0.3) is 0 Å². The molecule has 0 unspecified atom stereocenters. The fourth-order valence-corrected chi connectivity index (χ4v) is 7.29. The largest absolute Gasteiger partial charge is 0.497 e. The predicted molar refractivity (Wildman–Crippen MR) is 161 cm³/mol. The number of carbonyl (C=O) groups excluding carboxylic acids is 1. The van der Waals surface area contributed by atoms with Gasteiger partial charge in [0.1, 0.15) is 11.9 Å². The van der Waals surface area contributed by atoms with E-state index in [1.807, 2.05) is 44.2 Å². The Kier molecular flexibility index (Phi) is 11.4. The molecule has 2 aliphatic rings. The Bertz CT molecular complexity index is 1280. The van der Waals surface area contributed by atoms with Crippen LogP contribution in [-0.2, 0) is 30.7 Å². The lowest BCUT2D eigenvalue weighted by atomic mass is 9.87. The summed E-state index contributed by atoms with van der Waals surface area (Å²) in [6.45, 7) is 5.13. The zero-order valence-corrected chi connectivity index (χ0v) is 26.0. The third-order valence-corrected chi connectivity index (χ3v) is 9.89. The summed E-state index contributed by atoms with van der Waals surface area (Å²) in [7, 11) is -2.52. The number of methoxy groups -OCH3 is 1. The van der Waals surface area contributed by atoms with Crippen molar-refractivity contribution in [1.29, 1.82) is 0 Å². The molecule has 0 saturated carbocycles. The number of rotatable bonds is 15. The van der Waals surface area contributed by atoms with Crippen molar-refractivity contribution in [3.63, 3.8) is 0 Å². The van der Waals surface area contributed by atoms with Crippen LogP contribution in [0.1, 0.15) is 38.7 Å². The van der Waals surface area contributed by atoms with Crippen LogP contribution in [0.25, 0.3) is 0 Å². The highest BCUT2D eigenvalue weighted by Crippen LogP contribution is 2.33. The van der Waals surface area contributed by atoms with Gasteiger partial charge in [-0.3, -0.25) is 0 Å². The van der Waals surface area contributed by atoms with E-state index in [4.69, 9.17) is 24.7 Å². The highest BCUT2D eigenvalue weighted by atomic mass is 32.2. The summed E-state index contributed by atoms with van der Waals surface area (Å²) in [5.41, 5.74) is 6.19. The van der Waals surface area contributed by atoms with Gasteiger partial charge in [0, 0.05) is 13.1 Å². The normalized spacial score (nSPS) is 21.8. The second-order valence-corrected chi connectivity index (χ2v) is 13.9. The number of alkyl carbamates (subject to hydrolysis) is 1. The Balaban J connectivity index is 1.56. The Morgan fingerprint density at radius 2 is 1.88 bits per heavy atom. The molecule has 0 aromatic heterocycles. The van der Waals surface area contributed by atoms with Crippen molar-refractivity contribution < 1.29 is 37.3 Å². The molecule has 5 atom stereocenters. The minimum Gasteiger partial charge on any atom is -0.497 e. The van der Waals surface area contributed by atoms with Gasteiger partial charge in [-0.25, -0.2) is 13.2 Å². The van der Waals surface area contributed by atoms with Crippen LogP contribution in [0, 0.1) is 11.3 Å². The van der Waals surface area contributed by atoms with Crippen LogP contribution in [0.15, 0.2) is 59.5 Å². The molecule has 43 heavy (non-hydrogen) atoms. The maximum Gasteiger partial charge on any atom is 0.407 e. The molecule has 2 fully saturated rings. The molecule has 0 aliphatic carbocycles. The van der Waals surface area contributed by atoms with Gasteiger partial charge >= 0.3 is 6.09 Å². The average molecular weight is 620 g/mol. The van der Waals surface area contributed by atoms with Gasteiger partial charge in [0.15, 0.2) is 6.29 Å². The van der Waals surface area contributed by atoms with Crippen LogP contribution in [0.5, 0.6) is 5.75 Å². The van der Waals surface area contributed by atoms with Gasteiger partial charge in [0.05, 0.1) is 43.3 Å². The first-order valence-corrected chi connectivity index (χ1v) is 16.2. The summed E-state index contributed by atoms with van der Waals surface area (Å²) in [5.74, 6) is 0.492. The first-order chi connectivity index (χ1) is 20.5. The van der Waals surface area contributed by atoms with E-state index < -0.39 is 39.8 Å². The summed E-state index contributed by atoms with van der Waals surface area (Å²) in [5, 5.41) is 14.4. The van der Waals surface area contributed by atoms with Crippen molar-refractivity contribution in [3.8, 4) is 5.75 Å². The molecule has 0 spiro atoms. The molecule has 2 aromatic rings. The molecule has 4 N–H and O–H groups in total. The number of fused-ring (bicyclic) bond motifs is 1. The minimum absolute atomic E-state index is 0.0378. The molecule has 1 amide bonds.